The lowest BCUT2D eigenvalue weighted by Crippen LogP contribution is -2.26. The minimum atomic E-state index is -0.351. The first-order valence-electron chi connectivity index (χ1n) is 8.68. The number of carbonyl (C=O) groups excluding carboxylic acids is 2. The molecule has 0 saturated carbocycles. The van der Waals surface area contributed by atoms with Gasteiger partial charge < -0.3 is 10.1 Å². The molecule has 27 heavy (non-hydrogen) atoms. The van der Waals surface area contributed by atoms with E-state index in [0.717, 1.165) is 16.7 Å². The third-order valence-electron chi connectivity index (χ3n) is 4.18. The van der Waals surface area contributed by atoms with Gasteiger partial charge in [-0.15, -0.1) is 0 Å². The molecule has 1 aromatic heterocycles. The maximum absolute atomic E-state index is 12.5. The van der Waals surface area contributed by atoms with Crippen LogP contribution in [0, 0.1) is 0 Å². The maximum Gasteiger partial charge on any atom is 0.307 e. The van der Waals surface area contributed by atoms with E-state index in [2.05, 4.69) is 15.2 Å². The number of hydrogen-bond donors (Lipinski definition) is 1. The molecule has 0 atom stereocenters. The Kier molecular flexibility index (Phi) is 5.99. The van der Waals surface area contributed by atoms with Crippen molar-refractivity contribution in [1.29, 1.82) is 0 Å². The minimum absolute atomic E-state index is 0.145. The maximum atomic E-state index is 12.5. The van der Waals surface area contributed by atoms with Crippen LogP contribution in [0.3, 0.4) is 0 Å². The molecule has 0 aliphatic rings. The molecule has 3 rings (SSSR count). The van der Waals surface area contributed by atoms with Gasteiger partial charge in [0.25, 0.3) is 5.91 Å². The molecule has 0 aliphatic heterocycles. The molecule has 1 heterocycles. The summed E-state index contributed by atoms with van der Waals surface area (Å²) in [6, 6.07) is 17.4. The topological polar surface area (TPSA) is 73.2 Å². The van der Waals surface area contributed by atoms with E-state index in [4.69, 9.17) is 0 Å². The lowest BCUT2D eigenvalue weighted by atomic mass is 9.98. The Morgan fingerprint density at radius 2 is 1.85 bits per heavy atom. The van der Waals surface area contributed by atoms with E-state index in [-0.39, 0.29) is 24.8 Å². The summed E-state index contributed by atoms with van der Waals surface area (Å²) in [6.45, 7) is 0.936. The van der Waals surface area contributed by atoms with Crippen molar-refractivity contribution >= 4 is 11.9 Å². The number of nitrogens with one attached hydrogen (secondary N) is 1. The van der Waals surface area contributed by atoms with Gasteiger partial charge in [0.15, 0.2) is 0 Å². The fourth-order valence-electron chi connectivity index (χ4n) is 2.78. The third-order valence-corrected chi connectivity index (χ3v) is 4.18. The summed E-state index contributed by atoms with van der Waals surface area (Å²) in [4.78, 5) is 23.7. The predicted molar refractivity (Wildman–Crippen MR) is 102 cm³/mol. The number of carbonyl (C=O) groups is 2. The molecule has 0 bridgehead atoms. The Labute approximate surface area is 157 Å². The Morgan fingerprint density at radius 1 is 1.07 bits per heavy atom. The van der Waals surface area contributed by atoms with Gasteiger partial charge in [0.05, 0.1) is 20.1 Å². The summed E-state index contributed by atoms with van der Waals surface area (Å²) in [5.74, 6) is -0.563. The van der Waals surface area contributed by atoms with Crippen molar-refractivity contribution in [1.82, 2.24) is 15.1 Å². The number of aromatic nitrogens is 2. The van der Waals surface area contributed by atoms with Gasteiger partial charge in [0.1, 0.15) is 0 Å². The first-order chi connectivity index (χ1) is 13.2. The highest BCUT2D eigenvalue weighted by Crippen LogP contribution is 2.24. The van der Waals surface area contributed by atoms with Crippen molar-refractivity contribution in [3.05, 3.63) is 78.1 Å². The van der Waals surface area contributed by atoms with Gasteiger partial charge in [0, 0.05) is 24.5 Å². The minimum Gasteiger partial charge on any atom is -0.469 e. The molecule has 1 amide bonds. The fraction of sp³-hybridized carbons (Fsp3) is 0.190. The Morgan fingerprint density at radius 3 is 2.56 bits per heavy atom. The molecule has 6 nitrogen and oxygen atoms in total. The molecular formula is C21H21N3O3. The molecule has 6 heteroatoms. The van der Waals surface area contributed by atoms with Gasteiger partial charge in [-0.25, -0.2) is 0 Å². The number of hydrogen-bond acceptors (Lipinski definition) is 4. The summed E-state index contributed by atoms with van der Waals surface area (Å²) in [5.41, 5.74) is 3.50. The van der Waals surface area contributed by atoms with Crippen molar-refractivity contribution in [2.45, 2.75) is 13.0 Å². The Bertz CT molecular complexity index is 903. The summed E-state index contributed by atoms with van der Waals surface area (Å²) >= 11 is 0. The Hall–Kier alpha value is -3.41. The average Bonchev–Trinajstić information content (AvgIpc) is 3.21. The molecule has 2 aromatic carbocycles. The van der Waals surface area contributed by atoms with Crippen LogP contribution < -0.4 is 5.32 Å². The lowest BCUT2D eigenvalue weighted by molar-refractivity contribution is -0.140. The standard InChI is InChI=1S/C21H21N3O3/c1-27-20(25)11-13-22-21(26)19-6-3-2-5-18(19)17-9-7-16(8-10-17)15-24-14-4-12-23-24/h2-10,12,14H,11,13,15H2,1H3,(H,22,26). The number of rotatable bonds is 7. The second-order valence-corrected chi connectivity index (χ2v) is 6.03. The monoisotopic (exact) mass is 363 g/mol. The first-order valence-corrected chi connectivity index (χ1v) is 8.68. The lowest BCUT2D eigenvalue weighted by Gasteiger charge is -2.11. The molecule has 1 N–H and O–H groups in total. The van der Waals surface area contributed by atoms with Gasteiger partial charge in [-0.3, -0.25) is 14.3 Å². The zero-order valence-electron chi connectivity index (χ0n) is 15.1. The van der Waals surface area contributed by atoms with Gasteiger partial charge in [-0.05, 0) is 28.8 Å². The van der Waals surface area contributed by atoms with Crippen LogP contribution in [0.1, 0.15) is 22.3 Å². The highest BCUT2D eigenvalue weighted by atomic mass is 16.5. The second-order valence-electron chi connectivity index (χ2n) is 6.03. The largest absolute Gasteiger partial charge is 0.469 e. The molecular weight excluding hydrogens is 342 g/mol. The van der Waals surface area contributed by atoms with Gasteiger partial charge in [-0.2, -0.15) is 5.10 Å². The van der Waals surface area contributed by atoms with E-state index in [1.54, 1.807) is 12.3 Å². The van der Waals surface area contributed by atoms with E-state index in [0.29, 0.717) is 12.1 Å². The zero-order chi connectivity index (χ0) is 19.1. The van der Waals surface area contributed by atoms with Crippen LogP contribution in [0.25, 0.3) is 11.1 Å². The van der Waals surface area contributed by atoms with E-state index in [1.165, 1.54) is 7.11 Å². The number of amides is 1. The van der Waals surface area contributed by atoms with Crippen LogP contribution >= 0.6 is 0 Å². The molecule has 0 saturated heterocycles. The number of nitrogens with zero attached hydrogens (tertiary/aromatic N) is 2. The number of ether oxygens (including phenoxy) is 1. The van der Waals surface area contributed by atoms with Gasteiger partial charge in [0.2, 0.25) is 0 Å². The van der Waals surface area contributed by atoms with Crippen LogP contribution in [-0.4, -0.2) is 35.3 Å². The van der Waals surface area contributed by atoms with Gasteiger partial charge >= 0.3 is 5.97 Å². The summed E-state index contributed by atoms with van der Waals surface area (Å²) < 4.78 is 6.44. The number of methoxy groups -OCH3 is 1. The first kappa shape index (κ1) is 18.4. The van der Waals surface area contributed by atoms with E-state index < -0.39 is 0 Å². The van der Waals surface area contributed by atoms with Crippen molar-refractivity contribution in [2.75, 3.05) is 13.7 Å². The van der Waals surface area contributed by atoms with Crippen molar-refractivity contribution < 1.29 is 14.3 Å². The molecule has 0 unspecified atom stereocenters. The summed E-state index contributed by atoms with van der Waals surface area (Å²) in [7, 11) is 1.33. The SMILES string of the molecule is COC(=O)CCNC(=O)c1ccccc1-c1ccc(Cn2cccn2)cc1. The molecule has 0 spiro atoms. The Balaban J connectivity index is 1.73. The summed E-state index contributed by atoms with van der Waals surface area (Å²) in [5, 5.41) is 6.97. The predicted octanol–water partition coefficient (Wildman–Crippen LogP) is 2.89. The van der Waals surface area contributed by atoms with Crippen molar-refractivity contribution in [3.63, 3.8) is 0 Å². The van der Waals surface area contributed by atoms with Crippen LogP contribution in [0.4, 0.5) is 0 Å². The van der Waals surface area contributed by atoms with Crippen LogP contribution in [0.2, 0.25) is 0 Å². The smallest absolute Gasteiger partial charge is 0.307 e. The molecule has 0 fully saturated rings. The molecule has 0 aliphatic carbocycles. The van der Waals surface area contributed by atoms with Crippen LogP contribution in [0.15, 0.2) is 67.0 Å². The average molecular weight is 363 g/mol. The molecule has 0 radical (unpaired) electrons. The highest BCUT2D eigenvalue weighted by Gasteiger charge is 2.12. The summed E-state index contributed by atoms with van der Waals surface area (Å²) in [6.07, 6.45) is 3.82. The quantitative estimate of drug-likeness (QED) is 0.655. The van der Waals surface area contributed by atoms with Gasteiger partial charge in [-0.1, -0.05) is 42.5 Å². The third kappa shape index (κ3) is 4.82. The van der Waals surface area contributed by atoms with Crippen LogP contribution in [-0.2, 0) is 16.1 Å². The molecule has 138 valence electrons. The highest BCUT2D eigenvalue weighted by molar-refractivity contribution is 6.01. The van der Waals surface area contributed by atoms with Crippen molar-refractivity contribution in [2.24, 2.45) is 0 Å². The number of esters is 1. The van der Waals surface area contributed by atoms with E-state index in [1.807, 2.05) is 59.4 Å². The van der Waals surface area contributed by atoms with E-state index in [9.17, 15) is 9.59 Å². The van der Waals surface area contributed by atoms with Crippen molar-refractivity contribution in [3.8, 4) is 11.1 Å². The molecule has 3 aromatic rings. The van der Waals surface area contributed by atoms with E-state index >= 15 is 0 Å². The second kappa shape index (κ2) is 8.80. The normalized spacial score (nSPS) is 10.4. The fourth-order valence-corrected chi connectivity index (χ4v) is 2.78. The van der Waals surface area contributed by atoms with Crippen LogP contribution in [0.5, 0.6) is 0 Å². The number of benzene rings is 2. The zero-order valence-corrected chi connectivity index (χ0v) is 15.1.